The quantitative estimate of drug-likeness (QED) is 0.765. The molecule has 2 rings (SSSR count). The van der Waals surface area contributed by atoms with Gasteiger partial charge in [-0.2, -0.15) is 10.4 Å². The highest BCUT2D eigenvalue weighted by atomic mass is 16.5. The van der Waals surface area contributed by atoms with E-state index in [2.05, 4.69) is 10.2 Å². The Hall–Kier alpha value is -2.41. The lowest BCUT2D eigenvalue weighted by Crippen LogP contribution is -1.91. The summed E-state index contributed by atoms with van der Waals surface area (Å²) in [6, 6.07) is 12.4. The number of nitriles is 1. The number of aryl methyl sites for hydroxylation is 1. The molecule has 78 valence electrons. The van der Waals surface area contributed by atoms with E-state index in [1.807, 2.05) is 19.1 Å². The molecule has 0 bridgehead atoms. The second-order valence-electron chi connectivity index (χ2n) is 3.25. The molecule has 1 aromatic heterocycles. The molecule has 0 fully saturated rings. The van der Waals surface area contributed by atoms with Crippen LogP contribution in [0.1, 0.15) is 11.3 Å². The van der Waals surface area contributed by atoms with Crippen LogP contribution in [0.4, 0.5) is 0 Å². The van der Waals surface area contributed by atoms with Crippen molar-refractivity contribution in [2.45, 2.75) is 6.92 Å². The number of aromatic nitrogens is 2. The molecule has 2 aromatic rings. The van der Waals surface area contributed by atoms with Gasteiger partial charge in [-0.15, -0.1) is 5.10 Å². The SMILES string of the molecule is Cc1ccc(Oc2ccc(C#N)cc2)nn1. The van der Waals surface area contributed by atoms with Gasteiger partial charge in [-0.25, -0.2) is 0 Å². The van der Waals surface area contributed by atoms with Crippen molar-refractivity contribution in [2.24, 2.45) is 0 Å². The lowest BCUT2D eigenvalue weighted by molar-refractivity contribution is 0.454. The maximum Gasteiger partial charge on any atom is 0.238 e. The van der Waals surface area contributed by atoms with Crippen molar-refractivity contribution in [2.75, 3.05) is 0 Å². The minimum atomic E-state index is 0.440. The maximum absolute atomic E-state index is 8.64. The molecule has 4 nitrogen and oxygen atoms in total. The monoisotopic (exact) mass is 211 g/mol. The van der Waals surface area contributed by atoms with Crippen molar-refractivity contribution < 1.29 is 4.74 Å². The Morgan fingerprint density at radius 3 is 2.38 bits per heavy atom. The summed E-state index contributed by atoms with van der Waals surface area (Å²) in [4.78, 5) is 0. The number of nitrogens with zero attached hydrogens (tertiary/aromatic N) is 3. The van der Waals surface area contributed by atoms with Crippen molar-refractivity contribution in [3.8, 4) is 17.7 Å². The van der Waals surface area contributed by atoms with E-state index in [9.17, 15) is 0 Å². The molecule has 0 aliphatic carbocycles. The van der Waals surface area contributed by atoms with Gasteiger partial charge in [0.05, 0.1) is 17.3 Å². The highest BCUT2D eigenvalue weighted by molar-refractivity contribution is 5.35. The minimum Gasteiger partial charge on any atom is -0.438 e. The smallest absolute Gasteiger partial charge is 0.238 e. The molecule has 0 amide bonds. The van der Waals surface area contributed by atoms with E-state index in [0.29, 0.717) is 17.2 Å². The molecule has 0 radical (unpaired) electrons. The summed E-state index contributed by atoms with van der Waals surface area (Å²) in [7, 11) is 0. The molecular formula is C12H9N3O. The van der Waals surface area contributed by atoms with Crippen LogP contribution < -0.4 is 4.74 Å². The van der Waals surface area contributed by atoms with E-state index < -0.39 is 0 Å². The van der Waals surface area contributed by atoms with Crippen molar-refractivity contribution >= 4 is 0 Å². The highest BCUT2D eigenvalue weighted by Gasteiger charge is 1.99. The van der Waals surface area contributed by atoms with E-state index in [0.717, 1.165) is 5.69 Å². The van der Waals surface area contributed by atoms with Crippen LogP contribution in [0.2, 0.25) is 0 Å². The molecule has 0 spiro atoms. The van der Waals surface area contributed by atoms with Gasteiger partial charge in [-0.05, 0) is 37.3 Å². The maximum atomic E-state index is 8.64. The molecular weight excluding hydrogens is 202 g/mol. The number of rotatable bonds is 2. The summed E-state index contributed by atoms with van der Waals surface area (Å²) in [6.07, 6.45) is 0. The van der Waals surface area contributed by atoms with Gasteiger partial charge in [-0.1, -0.05) is 0 Å². The molecule has 0 saturated carbocycles. The minimum absolute atomic E-state index is 0.440. The summed E-state index contributed by atoms with van der Waals surface area (Å²) in [6.45, 7) is 1.86. The molecule has 0 aliphatic rings. The fourth-order valence-electron chi connectivity index (χ4n) is 1.16. The van der Waals surface area contributed by atoms with Gasteiger partial charge in [0.15, 0.2) is 0 Å². The van der Waals surface area contributed by atoms with Crippen LogP contribution in [-0.2, 0) is 0 Å². The summed E-state index contributed by atoms with van der Waals surface area (Å²) < 4.78 is 5.45. The van der Waals surface area contributed by atoms with Crippen LogP contribution in [0.3, 0.4) is 0 Å². The first kappa shape index (κ1) is 10.1. The van der Waals surface area contributed by atoms with Crippen LogP contribution >= 0.6 is 0 Å². The van der Waals surface area contributed by atoms with Gasteiger partial charge >= 0.3 is 0 Å². The lowest BCUT2D eigenvalue weighted by Gasteiger charge is -2.03. The van der Waals surface area contributed by atoms with Crippen molar-refractivity contribution in [3.05, 3.63) is 47.7 Å². The third-order valence-corrected chi connectivity index (χ3v) is 1.98. The van der Waals surface area contributed by atoms with E-state index in [1.165, 1.54) is 0 Å². The van der Waals surface area contributed by atoms with Crippen LogP contribution in [0, 0.1) is 18.3 Å². The van der Waals surface area contributed by atoms with Crippen LogP contribution in [0.15, 0.2) is 36.4 Å². The Morgan fingerprint density at radius 2 is 1.81 bits per heavy atom. The first-order chi connectivity index (χ1) is 7.78. The normalized spacial score (nSPS) is 9.50. The van der Waals surface area contributed by atoms with Crippen molar-refractivity contribution in [3.63, 3.8) is 0 Å². The molecule has 1 aromatic carbocycles. The number of hydrogen-bond acceptors (Lipinski definition) is 4. The zero-order chi connectivity index (χ0) is 11.4. The first-order valence-electron chi connectivity index (χ1n) is 4.76. The number of ether oxygens (including phenoxy) is 1. The number of benzene rings is 1. The molecule has 1 heterocycles. The summed E-state index contributed by atoms with van der Waals surface area (Å²) in [5.41, 5.74) is 1.44. The third kappa shape index (κ3) is 2.34. The molecule has 0 unspecified atom stereocenters. The highest BCUT2D eigenvalue weighted by Crippen LogP contribution is 2.18. The van der Waals surface area contributed by atoms with E-state index in [-0.39, 0.29) is 0 Å². The zero-order valence-electron chi connectivity index (χ0n) is 8.71. The van der Waals surface area contributed by atoms with Gasteiger partial charge in [0.1, 0.15) is 5.75 Å². The molecule has 16 heavy (non-hydrogen) atoms. The van der Waals surface area contributed by atoms with E-state index in [1.54, 1.807) is 30.3 Å². The topological polar surface area (TPSA) is 58.8 Å². The Morgan fingerprint density at radius 1 is 1.06 bits per heavy atom. The van der Waals surface area contributed by atoms with Gasteiger partial charge in [-0.3, -0.25) is 0 Å². The first-order valence-corrected chi connectivity index (χ1v) is 4.76. The lowest BCUT2D eigenvalue weighted by atomic mass is 10.2. The van der Waals surface area contributed by atoms with Crippen molar-refractivity contribution in [1.29, 1.82) is 5.26 Å². The second kappa shape index (κ2) is 4.41. The van der Waals surface area contributed by atoms with Crippen LogP contribution in [-0.4, -0.2) is 10.2 Å². The Kier molecular flexibility index (Phi) is 2.79. The third-order valence-electron chi connectivity index (χ3n) is 1.98. The van der Waals surface area contributed by atoms with Gasteiger partial charge in [0.25, 0.3) is 0 Å². The Labute approximate surface area is 93.1 Å². The number of hydrogen-bond donors (Lipinski definition) is 0. The van der Waals surface area contributed by atoms with E-state index >= 15 is 0 Å². The van der Waals surface area contributed by atoms with Gasteiger partial charge < -0.3 is 4.74 Å². The standard InChI is InChI=1S/C12H9N3O/c1-9-2-7-12(15-14-9)16-11-5-3-10(8-13)4-6-11/h2-7H,1H3. The van der Waals surface area contributed by atoms with Crippen LogP contribution in [0.25, 0.3) is 0 Å². The van der Waals surface area contributed by atoms with Gasteiger partial charge in [0.2, 0.25) is 5.88 Å². The molecule has 0 saturated heterocycles. The fourth-order valence-corrected chi connectivity index (χ4v) is 1.16. The average Bonchev–Trinajstić information content (AvgIpc) is 2.33. The van der Waals surface area contributed by atoms with Gasteiger partial charge in [0, 0.05) is 6.07 Å². The summed E-state index contributed by atoms with van der Waals surface area (Å²) >= 11 is 0. The van der Waals surface area contributed by atoms with Crippen LogP contribution in [0.5, 0.6) is 11.6 Å². The molecule has 0 N–H and O–H groups in total. The Balaban J connectivity index is 2.15. The molecule has 4 heteroatoms. The predicted molar refractivity (Wildman–Crippen MR) is 58.0 cm³/mol. The second-order valence-corrected chi connectivity index (χ2v) is 3.25. The summed E-state index contributed by atoms with van der Waals surface area (Å²) in [5.74, 6) is 1.08. The summed E-state index contributed by atoms with van der Waals surface area (Å²) in [5, 5.41) is 16.4. The molecule has 0 aliphatic heterocycles. The van der Waals surface area contributed by atoms with E-state index in [4.69, 9.17) is 10.00 Å². The Bertz CT molecular complexity index is 511. The molecule has 0 atom stereocenters. The predicted octanol–water partition coefficient (Wildman–Crippen LogP) is 2.45. The average molecular weight is 211 g/mol. The largest absolute Gasteiger partial charge is 0.438 e. The zero-order valence-corrected chi connectivity index (χ0v) is 8.71. The van der Waals surface area contributed by atoms with Crippen molar-refractivity contribution in [1.82, 2.24) is 10.2 Å². The fraction of sp³-hybridized carbons (Fsp3) is 0.0833.